The van der Waals surface area contributed by atoms with E-state index in [4.69, 9.17) is 9.52 Å². The van der Waals surface area contributed by atoms with Crippen molar-refractivity contribution >= 4 is 17.4 Å². The maximum Gasteiger partial charge on any atom is 0.315 e. The van der Waals surface area contributed by atoms with Crippen molar-refractivity contribution in [1.29, 1.82) is 0 Å². The fourth-order valence-corrected chi connectivity index (χ4v) is 3.45. The van der Waals surface area contributed by atoms with Gasteiger partial charge in [0.15, 0.2) is 0 Å². The van der Waals surface area contributed by atoms with Gasteiger partial charge in [-0.15, -0.1) is 11.3 Å². The minimum atomic E-state index is -0.182. The van der Waals surface area contributed by atoms with Gasteiger partial charge in [0, 0.05) is 12.6 Å². The second kappa shape index (κ2) is 7.61. The molecular formula is C16H21N3O3S. The molecule has 0 unspecified atom stereocenters. The second-order valence-electron chi connectivity index (χ2n) is 5.85. The van der Waals surface area contributed by atoms with Gasteiger partial charge in [0.25, 0.3) is 0 Å². The molecule has 0 bridgehead atoms. The summed E-state index contributed by atoms with van der Waals surface area (Å²) in [6.07, 6.45) is 5.35. The van der Waals surface area contributed by atoms with Gasteiger partial charge >= 0.3 is 6.03 Å². The highest BCUT2D eigenvalue weighted by Crippen LogP contribution is 2.24. The van der Waals surface area contributed by atoms with Crippen molar-refractivity contribution < 1.29 is 14.3 Å². The van der Waals surface area contributed by atoms with Gasteiger partial charge in [0.05, 0.1) is 17.1 Å². The van der Waals surface area contributed by atoms with Gasteiger partial charge in [-0.1, -0.05) is 6.07 Å². The number of urea groups is 1. The summed E-state index contributed by atoms with van der Waals surface area (Å²) in [6.45, 7) is 0.588. The van der Waals surface area contributed by atoms with E-state index in [1.807, 2.05) is 17.5 Å². The molecule has 2 aromatic heterocycles. The number of aliphatic hydroxyl groups is 1. The molecule has 1 aliphatic rings. The van der Waals surface area contributed by atoms with Crippen molar-refractivity contribution in [1.82, 2.24) is 15.6 Å². The predicted molar refractivity (Wildman–Crippen MR) is 88.0 cm³/mol. The summed E-state index contributed by atoms with van der Waals surface area (Å²) in [6, 6.07) is 3.90. The van der Waals surface area contributed by atoms with E-state index in [1.54, 1.807) is 17.6 Å². The number of aromatic nitrogens is 1. The lowest BCUT2D eigenvalue weighted by molar-refractivity contribution is 0.174. The molecule has 1 saturated carbocycles. The number of carbonyl (C=O) groups is 1. The number of nitrogens with one attached hydrogen (secondary N) is 2. The van der Waals surface area contributed by atoms with Crippen LogP contribution in [0.15, 0.2) is 28.2 Å². The Kier molecular flexibility index (Phi) is 5.30. The summed E-state index contributed by atoms with van der Waals surface area (Å²) in [4.78, 5) is 17.3. The predicted octanol–water partition coefficient (Wildman–Crippen LogP) is 2.75. The smallest absolute Gasteiger partial charge is 0.315 e. The van der Waals surface area contributed by atoms with Crippen molar-refractivity contribution in [3.8, 4) is 10.8 Å². The van der Waals surface area contributed by atoms with Crippen LogP contribution in [0.4, 0.5) is 4.79 Å². The van der Waals surface area contributed by atoms with Gasteiger partial charge < -0.3 is 20.2 Å². The number of aliphatic hydroxyl groups excluding tert-OH is 1. The molecule has 3 rings (SSSR count). The molecule has 2 aromatic rings. The SMILES string of the molecule is O=C(NCc1coc(-c2cccs2)n1)NC1CCC(CO)CC1. The van der Waals surface area contributed by atoms with E-state index in [9.17, 15) is 4.79 Å². The van der Waals surface area contributed by atoms with Crippen molar-refractivity contribution in [2.75, 3.05) is 6.61 Å². The van der Waals surface area contributed by atoms with Crippen LogP contribution in [0.5, 0.6) is 0 Å². The third-order valence-corrected chi connectivity index (χ3v) is 5.01. The number of nitrogens with zero attached hydrogens (tertiary/aromatic N) is 1. The van der Waals surface area contributed by atoms with E-state index in [-0.39, 0.29) is 18.7 Å². The molecule has 23 heavy (non-hydrogen) atoms. The molecule has 0 spiro atoms. The number of amides is 2. The molecule has 0 atom stereocenters. The lowest BCUT2D eigenvalue weighted by atomic mass is 9.87. The van der Waals surface area contributed by atoms with Crippen LogP contribution in [-0.4, -0.2) is 28.8 Å². The summed E-state index contributed by atoms with van der Waals surface area (Å²) >= 11 is 1.57. The third-order valence-electron chi connectivity index (χ3n) is 4.15. The molecule has 7 heteroatoms. The zero-order valence-electron chi connectivity index (χ0n) is 12.8. The van der Waals surface area contributed by atoms with Crippen LogP contribution < -0.4 is 10.6 Å². The van der Waals surface area contributed by atoms with Gasteiger partial charge in [-0.05, 0) is 43.0 Å². The van der Waals surface area contributed by atoms with Gasteiger partial charge in [-0.25, -0.2) is 9.78 Å². The summed E-state index contributed by atoms with van der Waals surface area (Å²) in [5.41, 5.74) is 0.701. The van der Waals surface area contributed by atoms with Gasteiger partial charge in [0.2, 0.25) is 5.89 Å². The molecule has 0 aliphatic heterocycles. The molecule has 0 radical (unpaired) electrons. The molecular weight excluding hydrogens is 314 g/mol. The Morgan fingerprint density at radius 2 is 2.22 bits per heavy atom. The van der Waals surface area contributed by atoms with Crippen molar-refractivity contribution in [3.63, 3.8) is 0 Å². The lowest BCUT2D eigenvalue weighted by Gasteiger charge is -2.27. The second-order valence-corrected chi connectivity index (χ2v) is 6.80. The zero-order valence-corrected chi connectivity index (χ0v) is 13.6. The van der Waals surface area contributed by atoms with E-state index >= 15 is 0 Å². The Bertz CT molecular complexity index is 618. The molecule has 3 N–H and O–H groups in total. The number of rotatable bonds is 5. The largest absolute Gasteiger partial charge is 0.443 e. The number of thiophene rings is 1. The topological polar surface area (TPSA) is 87.4 Å². The van der Waals surface area contributed by atoms with Crippen LogP contribution in [0, 0.1) is 5.92 Å². The Morgan fingerprint density at radius 1 is 1.39 bits per heavy atom. The van der Waals surface area contributed by atoms with Crippen LogP contribution >= 0.6 is 11.3 Å². The Hall–Kier alpha value is -1.86. The first-order valence-electron chi connectivity index (χ1n) is 7.88. The van der Waals surface area contributed by atoms with E-state index < -0.39 is 0 Å². The highest BCUT2D eigenvalue weighted by Gasteiger charge is 2.21. The van der Waals surface area contributed by atoms with Crippen LogP contribution in [0.25, 0.3) is 10.8 Å². The summed E-state index contributed by atoms with van der Waals surface area (Å²) in [5.74, 6) is 0.974. The maximum atomic E-state index is 11.9. The number of hydrogen-bond acceptors (Lipinski definition) is 5. The monoisotopic (exact) mass is 335 g/mol. The highest BCUT2D eigenvalue weighted by molar-refractivity contribution is 7.13. The number of hydrogen-bond donors (Lipinski definition) is 3. The summed E-state index contributed by atoms with van der Waals surface area (Å²) in [7, 11) is 0. The first-order valence-corrected chi connectivity index (χ1v) is 8.76. The van der Waals surface area contributed by atoms with Gasteiger partial charge in [-0.2, -0.15) is 0 Å². The van der Waals surface area contributed by atoms with Crippen molar-refractivity contribution in [2.45, 2.75) is 38.3 Å². The van der Waals surface area contributed by atoms with E-state index in [0.717, 1.165) is 30.6 Å². The van der Waals surface area contributed by atoms with Crippen LogP contribution in [0.1, 0.15) is 31.4 Å². The van der Waals surface area contributed by atoms with E-state index in [1.165, 1.54) is 0 Å². The fourth-order valence-electron chi connectivity index (χ4n) is 2.80. The van der Waals surface area contributed by atoms with Crippen LogP contribution in [0.2, 0.25) is 0 Å². The summed E-state index contributed by atoms with van der Waals surface area (Å²) in [5, 5.41) is 16.9. The average Bonchev–Trinajstić information content (AvgIpc) is 3.25. The maximum absolute atomic E-state index is 11.9. The highest BCUT2D eigenvalue weighted by atomic mass is 32.1. The Balaban J connectivity index is 1.43. The number of carbonyl (C=O) groups excluding carboxylic acids is 1. The first kappa shape index (κ1) is 16.0. The van der Waals surface area contributed by atoms with Crippen LogP contribution in [0.3, 0.4) is 0 Å². The standard InChI is InChI=1S/C16H21N3O3S/c20-9-11-3-5-12(6-4-11)19-16(21)17-8-13-10-22-15(18-13)14-2-1-7-23-14/h1-2,7,10-12,20H,3-6,8-9H2,(H2,17,19,21). The molecule has 6 nitrogen and oxygen atoms in total. The quantitative estimate of drug-likeness (QED) is 0.784. The Labute approximate surface area is 138 Å². The molecule has 2 heterocycles. The van der Waals surface area contributed by atoms with Gasteiger partial charge in [-0.3, -0.25) is 0 Å². The van der Waals surface area contributed by atoms with Crippen molar-refractivity contribution in [3.05, 3.63) is 29.5 Å². The summed E-state index contributed by atoms with van der Waals surface area (Å²) < 4.78 is 5.42. The third kappa shape index (κ3) is 4.33. The molecule has 2 amide bonds. The molecule has 0 aromatic carbocycles. The fraction of sp³-hybridized carbons (Fsp3) is 0.500. The normalized spacial score (nSPS) is 21.1. The minimum Gasteiger partial charge on any atom is -0.443 e. The molecule has 1 fully saturated rings. The molecule has 124 valence electrons. The molecule has 1 aliphatic carbocycles. The lowest BCUT2D eigenvalue weighted by Crippen LogP contribution is -2.43. The van der Waals surface area contributed by atoms with Crippen LogP contribution in [-0.2, 0) is 6.54 Å². The van der Waals surface area contributed by atoms with Gasteiger partial charge in [0.1, 0.15) is 6.26 Å². The average molecular weight is 335 g/mol. The Morgan fingerprint density at radius 3 is 2.91 bits per heavy atom. The first-order chi connectivity index (χ1) is 11.2. The number of oxazole rings is 1. The van der Waals surface area contributed by atoms with E-state index in [2.05, 4.69) is 15.6 Å². The zero-order chi connectivity index (χ0) is 16.1. The van der Waals surface area contributed by atoms with E-state index in [0.29, 0.717) is 24.0 Å². The minimum absolute atomic E-state index is 0.182. The molecule has 0 saturated heterocycles. The van der Waals surface area contributed by atoms with Crippen molar-refractivity contribution in [2.24, 2.45) is 5.92 Å².